The molecule has 1 aromatic heterocycles. The van der Waals surface area contributed by atoms with Crippen molar-refractivity contribution < 1.29 is 32.2 Å². The zero-order valence-corrected chi connectivity index (χ0v) is 13.0. The van der Waals surface area contributed by atoms with Gasteiger partial charge in [-0.1, -0.05) is 12.1 Å². The van der Waals surface area contributed by atoms with Crippen molar-refractivity contribution >= 4 is 28.3 Å². The molecule has 0 saturated carbocycles. The molecule has 1 heterocycles. The Morgan fingerprint density at radius 2 is 2.00 bits per heavy atom. The fourth-order valence-electron chi connectivity index (χ4n) is 1.66. The monoisotopic (exact) mass is 360 g/mol. The fourth-order valence-corrected chi connectivity index (χ4v) is 2.34. The average molecular weight is 360 g/mol. The van der Waals surface area contributed by atoms with Crippen molar-refractivity contribution in [1.82, 2.24) is 4.98 Å². The molecule has 0 saturated heterocycles. The molecule has 0 spiro atoms. The third-order valence-electron chi connectivity index (χ3n) is 2.57. The molecule has 1 aromatic carbocycles. The van der Waals surface area contributed by atoms with Crippen molar-refractivity contribution in [1.29, 1.82) is 0 Å². The molecule has 0 aliphatic carbocycles. The van der Waals surface area contributed by atoms with Gasteiger partial charge in [-0.15, -0.1) is 24.5 Å². The highest BCUT2D eigenvalue weighted by molar-refractivity contribution is 7.14. The molecule has 0 unspecified atom stereocenters. The highest BCUT2D eigenvalue weighted by Crippen LogP contribution is 2.27. The van der Waals surface area contributed by atoms with E-state index in [0.29, 0.717) is 0 Å². The first-order valence-electron chi connectivity index (χ1n) is 6.59. The molecule has 2 rings (SSSR count). The van der Waals surface area contributed by atoms with E-state index >= 15 is 0 Å². The Labute approximate surface area is 138 Å². The molecule has 0 radical (unpaired) electrons. The quantitative estimate of drug-likeness (QED) is 0.826. The molecule has 0 fully saturated rings. The van der Waals surface area contributed by atoms with Crippen molar-refractivity contribution in [3.8, 4) is 5.75 Å². The van der Waals surface area contributed by atoms with Gasteiger partial charge in [-0.05, 0) is 19.1 Å². The van der Waals surface area contributed by atoms with Crippen molar-refractivity contribution in [2.45, 2.75) is 13.3 Å². The number of rotatable bonds is 5. The van der Waals surface area contributed by atoms with Gasteiger partial charge in [0.25, 0.3) is 5.91 Å². The van der Waals surface area contributed by atoms with Crippen LogP contribution >= 0.6 is 11.3 Å². The summed E-state index contributed by atoms with van der Waals surface area (Å²) in [7, 11) is 0. The second-order valence-corrected chi connectivity index (χ2v) is 5.11. The van der Waals surface area contributed by atoms with Gasteiger partial charge >= 0.3 is 12.3 Å². The summed E-state index contributed by atoms with van der Waals surface area (Å²) in [5.74, 6) is -2.14. The number of halogens is 3. The zero-order chi connectivity index (χ0) is 17.7. The van der Waals surface area contributed by atoms with Gasteiger partial charge < -0.3 is 9.47 Å². The summed E-state index contributed by atoms with van der Waals surface area (Å²) in [6.07, 6.45) is -4.92. The van der Waals surface area contributed by atoms with Crippen molar-refractivity contribution in [3.63, 3.8) is 0 Å². The van der Waals surface area contributed by atoms with Gasteiger partial charge in [0.05, 0.1) is 12.2 Å². The first-order valence-corrected chi connectivity index (χ1v) is 7.47. The highest BCUT2D eigenvalue weighted by Gasteiger charge is 2.33. The summed E-state index contributed by atoms with van der Waals surface area (Å²) >= 11 is 0.939. The maximum atomic E-state index is 12.4. The molecule has 0 atom stereocenters. The zero-order valence-electron chi connectivity index (χ0n) is 12.2. The van der Waals surface area contributed by atoms with Gasteiger partial charge in [0.15, 0.2) is 10.8 Å². The molecule has 2 aromatic rings. The molecule has 1 N–H and O–H groups in total. The van der Waals surface area contributed by atoms with Crippen LogP contribution in [0.25, 0.3) is 0 Å². The number of ether oxygens (including phenoxy) is 2. The number of nitrogens with zero attached hydrogens (tertiary/aromatic N) is 1. The van der Waals surface area contributed by atoms with Crippen molar-refractivity contribution in [3.05, 3.63) is 40.9 Å². The Hall–Kier alpha value is -2.62. The Morgan fingerprint density at radius 3 is 2.67 bits per heavy atom. The lowest BCUT2D eigenvalue weighted by atomic mass is 10.2. The Morgan fingerprint density at radius 1 is 1.29 bits per heavy atom. The van der Waals surface area contributed by atoms with E-state index < -0.39 is 24.0 Å². The molecule has 0 aliphatic rings. The number of amides is 1. The first kappa shape index (κ1) is 17.7. The van der Waals surface area contributed by atoms with E-state index in [2.05, 4.69) is 15.0 Å². The van der Waals surface area contributed by atoms with Gasteiger partial charge in [-0.2, -0.15) is 0 Å². The predicted octanol–water partition coefficient (Wildman–Crippen LogP) is 3.47. The van der Waals surface area contributed by atoms with E-state index in [9.17, 15) is 22.8 Å². The second-order valence-electron chi connectivity index (χ2n) is 4.26. The topological polar surface area (TPSA) is 77.5 Å². The van der Waals surface area contributed by atoms with Crippen LogP contribution < -0.4 is 10.1 Å². The van der Waals surface area contributed by atoms with E-state index in [1.807, 2.05) is 0 Å². The predicted molar refractivity (Wildman–Crippen MR) is 79.1 cm³/mol. The van der Waals surface area contributed by atoms with Crippen LogP contribution in [-0.4, -0.2) is 29.8 Å². The number of hydrogen-bond acceptors (Lipinski definition) is 6. The van der Waals surface area contributed by atoms with Crippen LogP contribution in [0.5, 0.6) is 5.75 Å². The lowest BCUT2D eigenvalue weighted by Crippen LogP contribution is -2.20. The third-order valence-corrected chi connectivity index (χ3v) is 3.32. The number of thiazole rings is 1. The number of nitrogens with one attached hydrogen (secondary N) is 1. The summed E-state index contributed by atoms with van der Waals surface area (Å²) < 4.78 is 45.6. The number of hydrogen-bond donors (Lipinski definition) is 1. The van der Waals surface area contributed by atoms with E-state index in [-0.39, 0.29) is 23.0 Å². The van der Waals surface area contributed by atoms with Crippen LogP contribution in [0.4, 0.5) is 18.3 Å². The summed E-state index contributed by atoms with van der Waals surface area (Å²) in [6, 6.07) is 4.90. The Kier molecular flexibility index (Phi) is 5.39. The minimum Gasteiger partial charge on any atom is -0.461 e. The average Bonchev–Trinajstić information content (AvgIpc) is 2.95. The molecule has 6 nitrogen and oxygen atoms in total. The summed E-state index contributed by atoms with van der Waals surface area (Å²) in [5, 5.41) is 3.73. The third kappa shape index (κ3) is 4.69. The van der Waals surface area contributed by atoms with Gasteiger partial charge in [0, 0.05) is 5.38 Å². The summed E-state index contributed by atoms with van der Waals surface area (Å²) in [6.45, 7) is 1.80. The molecule has 24 heavy (non-hydrogen) atoms. The van der Waals surface area contributed by atoms with Crippen LogP contribution in [0.1, 0.15) is 27.8 Å². The lowest BCUT2D eigenvalue weighted by molar-refractivity contribution is -0.274. The lowest BCUT2D eigenvalue weighted by Gasteiger charge is -2.12. The van der Waals surface area contributed by atoms with E-state index in [4.69, 9.17) is 4.74 Å². The molecule has 0 aliphatic heterocycles. The number of aromatic nitrogens is 1. The molecule has 1 amide bonds. The van der Waals surface area contributed by atoms with E-state index in [1.54, 1.807) is 6.92 Å². The number of carbonyl (C=O) groups is 2. The van der Waals surface area contributed by atoms with E-state index in [0.717, 1.165) is 17.4 Å². The van der Waals surface area contributed by atoms with E-state index in [1.165, 1.54) is 23.6 Å². The van der Waals surface area contributed by atoms with Gasteiger partial charge in [0.1, 0.15) is 5.75 Å². The SMILES string of the molecule is CCOC(=O)c1csc(NC(=O)c2ccccc2OC(F)(F)F)n1. The minimum atomic E-state index is -4.92. The Balaban J connectivity index is 2.15. The molecular formula is C14H11F3N2O4S. The van der Waals surface area contributed by atoms with Crippen LogP contribution in [0.2, 0.25) is 0 Å². The number of benzene rings is 1. The van der Waals surface area contributed by atoms with Crippen LogP contribution in [0, 0.1) is 0 Å². The normalized spacial score (nSPS) is 11.0. The summed E-state index contributed by atoms with van der Waals surface area (Å²) in [4.78, 5) is 27.5. The summed E-state index contributed by atoms with van der Waals surface area (Å²) in [5.41, 5.74) is -0.320. The van der Waals surface area contributed by atoms with Crippen LogP contribution in [0.15, 0.2) is 29.6 Å². The standard InChI is InChI=1S/C14H11F3N2O4S/c1-2-22-12(21)9-7-24-13(18-9)19-11(20)8-5-3-4-6-10(8)23-14(15,16)17/h3-7H,2H2,1H3,(H,18,19,20). The largest absolute Gasteiger partial charge is 0.573 e. The smallest absolute Gasteiger partial charge is 0.461 e. The second kappa shape index (κ2) is 7.30. The van der Waals surface area contributed by atoms with Crippen molar-refractivity contribution in [2.24, 2.45) is 0 Å². The molecule has 10 heteroatoms. The molecular weight excluding hydrogens is 349 g/mol. The maximum Gasteiger partial charge on any atom is 0.573 e. The Bertz CT molecular complexity index is 746. The minimum absolute atomic E-state index is 0.00280. The maximum absolute atomic E-state index is 12.4. The molecule has 0 bridgehead atoms. The van der Waals surface area contributed by atoms with Gasteiger partial charge in [0.2, 0.25) is 0 Å². The van der Waals surface area contributed by atoms with Crippen LogP contribution in [-0.2, 0) is 4.74 Å². The number of anilines is 1. The van der Waals surface area contributed by atoms with Crippen LogP contribution in [0.3, 0.4) is 0 Å². The number of esters is 1. The van der Waals surface area contributed by atoms with Gasteiger partial charge in [-0.25, -0.2) is 9.78 Å². The first-order chi connectivity index (χ1) is 11.3. The molecule has 128 valence electrons. The van der Waals surface area contributed by atoms with Gasteiger partial charge in [-0.3, -0.25) is 10.1 Å². The number of carbonyl (C=O) groups excluding carboxylic acids is 2. The van der Waals surface area contributed by atoms with Crippen molar-refractivity contribution in [2.75, 3.05) is 11.9 Å². The fraction of sp³-hybridized carbons (Fsp3) is 0.214. The number of para-hydroxylation sites is 1. The number of alkyl halides is 3. The highest BCUT2D eigenvalue weighted by atomic mass is 32.1.